The molecule has 3 amide bonds. The van der Waals surface area contributed by atoms with Gasteiger partial charge in [0.15, 0.2) is 0 Å². The minimum atomic E-state index is -0.111. The average molecular weight is 332 g/mol. The quantitative estimate of drug-likeness (QED) is 0.831. The predicted molar refractivity (Wildman–Crippen MR) is 92.8 cm³/mol. The van der Waals surface area contributed by atoms with Crippen molar-refractivity contribution in [2.75, 3.05) is 43.9 Å². The molecule has 0 unspecified atom stereocenters. The van der Waals surface area contributed by atoms with Gasteiger partial charge in [0.25, 0.3) is 0 Å². The van der Waals surface area contributed by atoms with Gasteiger partial charge in [-0.3, -0.25) is 19.3 Å². The number of benzene rings is 1. The van der Waals surface area contributed by atoms with E-state index in [0.29, 0.717) is 12.2 Å². The highest BCUT2D eigenvalue weighted by molar-refractivity contribution is 5.94. The third-order valence-corrected chi connectivity index (χ3v) is 4.27. The molecule has 1 heterocycles. The molecule has 0 aromatic heterocycles. The molecule has 1 aliphatic heterocycles. The summed E-state index contributed by atoms with van der Waals surface area (Å²) in [4.78, 5) is 38.6. The fourth-order valence-corrected chi connectivity index (χ4v) is 2.75. The van der Waals surface area contributed by atoms with Crippen molar-refractivity contribution in [3.05, 3.63) is 24.3 Å². The molecule has 1 aliphatic rings. The van der Waals surface area contributed by atoms with Gasteiger partial charge in [0, 0.05) is 38.9 Å². The van der Waals surface area contributed by atoms with Crippen LogP contribution in [-0.4, -0.2) is 56.4 Å². The van der Waals surface area contributed by atoms with Crippen molar-refractivity contribution in [2.24, 2.45) is 5.92 Å². The Bertz CT molecular complexity index is 615. The van der Waals surface area contributed by atoms with Crippen molar-refractivity contribution in [1.29, 1.82) is 0 Å². The lowest BCUT2D eigenvalue weighted by Crippen LogP contribution is -2.34. The molecule has 1 aromatic rings. The van der Waals surface area contributed by atoms with E-state index in [4.69, 9.17) is 0 Å². The summed E-state index contributed by atoms with van der Waals surface area (Å²) in [5, 5.41) is 5.49. The second kappa shape index (κ2) is 7.92. The van der Waals surface area contributed by atoms with Gasteiger partial charge in [0.1, 0.15) is 0 Å². The topological polar surface area (TPSA) is 81.8 Å². The second-order valence-corrected chi connectivity index (χ2v) is 6.01. The number of anilines is 2. The lowest BCUT2D eigenvalue weighted by Gasteiger charge is -2.17. The Balaban J connectivity index is 1.85. The first kappa shape index (κ1) is 17.9. The second-order valence-electron chi connectivity index (χ2n) is 6.01. The van der Waals surface area contributed by atoms with Gasteiger partial charge in [-0.1, -0.05) is 0 Å². The van der Waals surface area contributed by atoms with E-state index in [1.165, 1.54) is 11.8 Å². The molecule has 24 heavy (non-hydrogen) atoms. The van der Waals surface area contributed by atoms with E-state index in [0.717, 1.165) is 18.7 Å². The molecule has 0 saturated carbocycles. The molecule has 7 nitrogen and oxygen atoms in total. The van der Waals surface area contributed by atoms with E-state index < -0.39 is 0 Å². The highest BCUT2D eigenvalue weighted by Gasteiger charge is 2.28. The summed E-state index contributed by atoms with van der Waals surface area (Å²) in [5.41, 5.74) is 1.45. The summed E-state index contributed by atoms with van der Waals surface area (Å²) in [6.45, 7) is 3.11. The van der Waals surface area contributed by atoms with Crippen molar-refractivity contribution in [3.8, 4) is 0 Å². The zero-order valence-electron chi connectivity index (χ0n) is 14.3. The van der Waals surface area contributed by atoms with Gasteiger partial charge >= 0.3 is 0 Å². The fraction of sp³-hybridized carbons (Fsp3) is 0.471. The number of carbonyl (C=O) groups is 3. The van der Waals surface area contributed by atoms with E-state index in [-0.39, 0.29) is 30.2 Å². The molecule has 0 radical (unpaired) electrons. The predicted octanol–water partition coefficient (Wildman–Crippen LogP) is 0.676. The first-order chi connectivity index (χ1) is 11.4. The van der Waals surface area contributed by atoms with Crippen LogP contribution in [0.3, 0.4) is 0 Å². The summed E-state index contributed by atoms with van der Waals surface area (Å²) in [6.07, 6.45) is 0.777. The van der Waals surface area contributed by atoms with Gasteiger partial charge in [0.05, 0.1) is 12.5 Å². The van der Waals surface area contributed by atoms with E-state index >= 15 is 0 Å². The van der Waals surface area contributed by atoms with Gasteiger partial charge in [0.2, 0.25) is 17.7 Å². The number of rotatable bonds is 5. The summed E-state index contributed by atoms with van der Waals surface area (Å²) in [7, 11) is 3.33. The van der Waals surface area contributed by atoms with Crippen LogP contribution in [0, 0.1) is 5.92 Å². The molecule has 2 N–H and O–H groups in total. The Morgan fingerprint density at radius 1 is 1.25 bits per heavy atom. The number of likely N-dealkylation sites (tertiary alicyclic amines) is 1. The number of amides is 3. The number of nitrogens with one attached hydrogen (secondary N) is 2. The third-order valence-electron chi connectivity index (χ3n) is 4.27. The van der Waals surface area contributed by atoms with Crippen LogP contribution in [0.2, 0.25) is 0 Å². The highest BCUT2D eigenvalue weighted by Crippen LogP contribution is 2.18. The molecular formula is C17H24N4O3. The third kappa shape index (κ3) is 4.55. The Morgan fingerprint density at radius 2 is 1.92 bits per heavy atom. The molecule has 1 aromatic carbocycles. The smallest absolute Gasteiger partial charge is 0.238 e. The molecule has 0 aliphatic carbocycles. The minimum absolute atomic E-state index is 0.0306. The van der Waals surface area contributed by atoms with Gasteiger partial charge in [-0.2, -0.15) is 0 Å². The van der Waals surface area contributed by atoms with Crippen molar-refractivity contribution in [1.82, 2.24) is 10.2 Å². The largest absolute Gasteiger partial charge is 0.359 e. The molecular weight excluding hydrogens is 308 g/mol. The number of carbonyl (C=O) groups excluding carboxylic acids is 3. The summed E-state index contributed by atoms with van der Waals surface area (Å²) < 4.78 is 0. The first-order valence-electron chi connectivity index (χ1n) is 7.99. The van der Waals surface area contributed by atoms with Crippen LogP contribution in [0.15, 0.2) is 24.3 Å². The van der Waals surface area contributed by atoms with Crippen LogP contribution in [0.4, 0.5) is 11.4 Å². The van der Waals surface area contributed by atoms with Crippen LogP contribution < -0.4 is 15.5 Å². The molecule has 1 atom stereocenters. The van der Waals surface area contributed by atoms with E-state index in [2.05, 4.69) is 10.6 Å². The lowest BCUT2D eigenvalue weighted by molar-refractivity contribution is -0.124. The van der Waals surface area contributed by atoms with Gasteiger partial charge in [-0.25, -0.2) is 0 Å². The molecule has 1 saturated heterocycles. The number of hydrogen-bond donors (Lipinski definition) is 2. The van der Waals surface area contributed by atoms with Crippen LogP contribution in [0.1, 0.15) is 13.3 Å². The molecule has 7 heteroatoms. The van der Waals surface area contributed by atoms with Crippen LogP contribution >= 0.6 is 0 Å². The van der Waals surface area contributed by atoms with Crippen molar-refractivity contribution in [3.63, 3.8) is 0 Å². The summed E-state index contributed by atoms with van der Waals surface area (Å²) in [5.74, 6) is -0.168. The van der Waals surface area contributed by atoms with E-state index in [1.54, 1.807) is 38.4 Å². The minimum Gasteiger partial charge on any atom is -0.359 e. The van der Waals surface area contributed by atoms with Gasteiger partial charge in [-0.05, 0) is 37.2 Å². The van der Waals surface area contributed by atoms with E-state index in [9.17, 15) is 14.4 Å². The monoisotopic (exact) mass is 332 g/mol. The van der Waals surface area contributed by atoms with Gasteiger partial charge in [-0.15, -0.1) is 0 Å². The Morgan fingerprint density at radius 3 is 2.50 bits per heavy atom. The van der Waals surface area contributed by atoms with Crippen molar-refractivity contribution >= 4 is 29.1 Å². The van der Waals surface area contributed by atoms with Crippen LogP contribution in [0.25, 0.3) is 0 Å². The fourth-order valence-electron chi connectivity index (χ4n) is 2.75. The zero-order valence-corrected chi connectivity index (χ0v) is 14.3. The average Bonchev–Trinajstić information content (AvgIpc) is 3.02. The normalized spacial score (nSPS) is 17.4. The molecule has 1 fully saturated rings. The highest BCUT2D eigenvalue weighted by atomic mass is 16.2. The number of nitrogens with zero attached hydrogens (tertiary/aromatic N) is 2. The SMILES string of the molecule is CNC(=O)[C@H]1CCN(CC(=O)Nc2ccc(N(C)C(C)=O)cc2)C1. The summed E-state index contributed by atoms with van der Waals surface area (Å²) in [6, 6.07) is 7.11. The Labute approximate surface area is 142 Å². The van der Waals surface area contributed by atoms with Crippen LogP contribution in [-0.2, 0) is 14.4 Å². The maximum Gasteiger partial charge on any atom is 0.238 e. The van der Waals surface area contributed by atoms with Crippen molar-refractivity contribution in [2.45, 2.75) is 13.3 Å². The van der Waals surface area contributed by atoms with Crippen LogP contribution in [0.5, 0.6) is 0 Å². The zero-order chi connectivity index (χ0) is 17.7. The van der Waals surface area contributed by atoms with Gasteiger partial charge < -0.3 is 15.5 Å². The summed E-state index contributed by atoms with van der Waals surface area (Å²) >= 11 is 0. The van der Waals surface area contributed by atoms with E-state index in [1.807, 2.05) is 4.90 Å². The number of hydrogen-bond acceptors (Lipinski definition) is 4. The van der Waals surface area contributed by atoms with Crippen molar-refractivity contribution < 1.29 is 14.4 Å². The molecule has 2 rings (SSSR count). The molecule has 130 valence electrons. The molecule has 0 spiro atoms. The first-order valence-corrected chi connectivity index (χ1v) is 7.99. The standard InChI is InChI=1S/C17H24N4O3/c1-12(22)20(3)15-6-4-14(5-7-15)19-16(23)11-21-9-8-13(10-21)17(24)18-2/h4-7,13H,8-11H2,1-3H3,(H,18,24)(H,19,23)/t13-/m0/s1. The maximum absolute atomic E-state index is 12.1. The Kier molecular flexibility index (Phi) is 5.92. The molecule has 0 bridgehead atoms. The lowest BCUT2D eigenvalue weighted by atomic mass is 10.1. The maximum atomic E-state index is 12.1. The Hall–Kier alpha value is -2.41.